The molecule has 3 N–H and O–H groups in total. The van der Waals surface area contributed by atoms with Crippen molar-refractivity contribution in [2.24, 2.45) is 5.73 Å². The van der Waals surface area contributed by atoms with Gasteiger partial charge in [-0.25, -0.2) is 0 Å². The van der Waals surface area contributed by atoms with Gasteiger partial charge in [0.15, 0.2) is 0 Å². The summed E-state index contributed by atoms with van der Waals surface area (Å²) in [6.45, 7) is 5.49. The summed E-state index contributed by atoms with van der Waals surface area (Å²) in [6.07, 6.45) is 22.8. The van der Waals surface area contributed by atoms with E-state index in [2.05, 4.69) is 13.8 Å². The van der Waals surface area contributed by atoms with Crippen molar-refractivity contribution in [3.8, 4) is 0 Å². The van der Waals surface area contributed by atoms with Gasteiger partial charge in [-0.2, -0.15) is 0 Å². The van der Waals surface area contributed by atoms with Crippen LogP contribution in [0.1, 0.15) is 124 Å². The van der Waals surface area contributed by atoms with Crippen molar-refractivity contribution in [3.63, 3.8) is 0 Å². The summed E-state index contributed by atoms with van der Waals surface area (Å²) in [5, 5.41) is 7.42. The Hall–Kier alpha value is 0.0923. The van der Waals surface area contributed by atoms with Crippen LogP contribution in [-0.4, -0.2) is 17.1 Å². The van der Waals surface area contributed by atoms with Gasteiger partial charge in [0, 0.05) is 33.4 Å². The number of hydrogen-bond acceptors (Lipinski definition) is 2. The fourth-order valence-corrected chi connectivity index (χ4v) is 2.84. The Morgan fingerprint density at radius 1 is 0.760 bits per heavy atom. The molecule has 0 amide bonds. The maximum absolute atomic E-state index is 9.00. The monoisotopic (exact) mass is 449 g/mol. The molecular weight excluding hydrogens is 405 g/mol. The van der Waals surface area contributed by atoms with E-state index < -0.39 is 5.97 Å². The fourth-order valence-electron chi connectivity index (χ4n) is 2.84. The zero-order valence-electron chi connectivity index (χ0n) is 17.1. The molecule has 0 saturated heterocycles. The average molecular weight is 450 g/mol. The molecule has 25 heavy (non-hydrogen) atoms. The molecule has 0 aliphatic carbocycles. The Morgan fingerprint density at radius 2 is 1.00 bits per heavy atom. The van der Waals surface area contributed by atoms with Crippen molar-refractivity contribution in [3.05, 3.63) is 0 Å². The molecular formula is C21H45NO2Pd. The molecule has 1 atom stereocenters. The third-order valence-electron chi connectivity index (χ3n) is 4.26. The first-order valence-electron chi connectivity index (χ1n) is 10.5. The van der Waals surface area contributed by atoms with Gasteiger partial charge in [0.05, 0.1) is 0 Å². The molecule has 1 unspecified atom stereocenters. The van der Waals surface area contributed by atoms with Crippen LogP contribution in [0.25, 0.3) is 0 Å². The minimum Gasteiger partial charge on any atom is -0.481 e. The maximum atomic E-state index is 9.00. The minimum absolute atomic E-state index is 0. The van der Waals surface area contributed by atoms with Gasteiger partial charge in [-0.3, -0.25) is 4.79 Å². The number of carbonyl (C=O) groups is 1. The summed E-state index contributed by atoms with van der Waals surface area (Å²) in [6, 6.07) is 0.400. The van der Waals surface area contributed by atoms with Crippen LogP contribution >= 0.6 is 0 Å². The fraction of sp³-hybridized carbons (Fsp3) is 0.952. The SMILES string of the molecule is CC(=O)O.CCCCCCCCCCCCCCCCCC(C)N.[Pd]. The Balaban J connectivity index is -0.000000867. The average Bonchev–Trinajstić information content (AvgIpc) is 2.50. The van der Waals surface area contributed by atoms with Crippen molar-refractivity contribution in [1.29, 1.82) is 0 Å². The molecule has 0 aromatic rings. The molecule has 0 saturated carbocycles. The number of nitrogens with two attached hydrogens (primary N) is 1. The Labute approximate surface area is 171 Å². The van der Waals surface area contributed by atoms with Crippen molar-refractivity contribution in [2.45, 2.75) is 130 Å². The van der Waals surface area contributed by atoms with E-state index >= 15 is 0 Å². The van der Waals surface area contributed by atoms with Gasteiger partial charge in [0.2, 0.25) is 0 Å². The van der Waals surface area contributed by atoms with E-state index in [-0.39, 0.29) is 20.4 Å². The van der Waals surface area contributed by atoms with Gasteiger partial charge >= 0.3 is 0 Å². The van der Waals surface area contributed by atoms with E-state index in [4.69, 9.17) is 15.6 Å². The summed E-state index contributed by atoms with van der Waals surface area (Å²) >= 11 is 0. The predicted molar refractivity (Wildman–Crippen MR) is 107 cm³/mol. The molecule has 0 heterocycles. The van der Waals surface area contributed by atoms with Gasteiger partial charge in [-0.1, -0.05) is 103 Å². The van der Waals surface area contributed by atoms with Gasteiger partial charge in [0.25, 0.3) is 5.97 Å². The van der Waals surface area contributed by atoms with Crippen LogP contribution in [-0.2, 0) is 25.2 Å². The summed E-state index contributed by atoms with van der Waals surface area (Å²) in [7, 11) is 0. The molecule has 0 aliphatic rings. The smallest absolute Gasteiger partial charge is 0.300 e. The van der Waals surface area contributed by atoms with E-state index in [9.17, 15) is 0 Å². The second-order valence-corrected chi connectivity index (χ2v) is 7.23. The normalized spacial score (nSPS) is 11.2. The number of hydrogen-bond donors (Lipinski definition) is 2. The van der Waals surface area contributed by atoms with Crippen LogP contribution in [0.5, 0.6) is 0 Å². The van der Waals surface area contributed by atoms with E-state index in [1.165, 1.54) is 103 Å². The molecule has 3 nitrogen and oxygen atoms in total. The topological polar surface area (TPSA) is 63.3 Å². The summed E-state index contributed by atoms with van der Waals surface area (Å²) in [5.41, 5.74) is 5.75. The van der Waals surface area contributed by atoms with E-state index in [0.29, 0.717) is 6.04 Å². The zero-order valence-corrected chi connectivity index (χ0v) is 18.7. The minimum atomic E-state index is -0.833. The molecule has 0 bridgehead atoms. The van der Waals surface area contributed by atoms with Crippen LogP contribution in [0.15, 0.2) is 0 Å². The van der Waals surface area contributed by atoms with Crippen LogP contribution in [0.4, 0.5) is 0 Å². The summed E-state index contributed by atoms with van der Waals surface area (Å²) in [4.78, 5) is 9.00. The number of rotatable bonds is 16. The third-order valence-corrected chi connectivity index (χ3v) is 4.26. The maximum Gasteiger partial charge on any atom is 0.300 e. The summed E-state index contributed by atoms with van der Waals surface area (Å²) in [5.74, 6) is -0.833. The molecule has 0 aliphatic heterocycles. The Kier molecular flexibility index (Phi) is 31.4. The van der Waals surface area contributed by atoms with Crippen molar-refractivity contribution < 1.29 is 30.3 Å². The van der Waals surface area contributed by atoms with Crippen LogP contribution < -0.4 is 5.73 Å². The number of carboxylic acid groups (broad SMARTS) is 1. The molecule has 0 fully saturated rings. The van der Waals surface area contributed by atoms with Crippen molar-refractivity contribution in [2.75, 3.05) is 0 Å². The van der Waals surface area contributed by atoms with Gasteiger partial charge in [-0.05, 0) is 13.3 Å². The second-order valence-electron chi connectivity index (χ2n) is 7.23. The van der Waals surface area contributed by atoms with E-state index in [0.717, 1.165) is 6.92 Å². The van der Waals surface area contributed by atoms with Crippen LogP contribution in [0.3, 0.4) is 0 Å². The molecule has 0 aromatic carbocycles. The summed E-state index contributed by atoms with van der Waals surface area (Å²) < 4.78 is 0. The molecule has 4 heteroatoms. The first-order chi connectivity index (χ1) is 11.5. The molecule has 0 spiro atoms. The standard InChI is InChI=1S/C19H41N.C2H4O2.Pd/c1-3-4-5-6-7-8-9-10-11-12-13-14-15-16-17-18-19(2)20;1-2(3)4;/h19H,3-18,20H2,1-2H3;1H3,(H,3,4);. The van der Waals surface area contributed by atoms with Gasteiger partial charge in [-0.15, -0.1) is 0 Å². The van der Waals surface area contributed by atoms with Crippen molar-refractivity contribution >= 4 is 5.97 Å². The molecule has 0 rings (SSSR count). The molecule has 0 radical (unpaired) electrons. The van der Waals surface area contributed by atoms with Crippen LogP contribution in [0, 0.1) is 0 Å². The molecule has 156 valence electrons. The largest absolute Gasteiger partial charge is 0.481 e. The van der Waals surface area contributed by atoms with Crippen molar-refractivity contribution in [1.82, 2.24) is 0 Å². The first-order valence-corrected chi connectivity index (χ1v) is 10.5. The van der Waals surface area contributed by atoms with Gasteiger partial charge in [0.1, 0.15) is 0 Å². The second kappa shape index (κ2) is 26.3. The zero-order chi connectivity index (χ0) is 18.5. The third kappa shape index (κ3) is 40.2. The number of aliphatic carboxylic acids is 1. The quantitative estimate of drug-likeness (QED) is 0.204. The Bertz CT molecular complexity index is 244. The first kappa shape index (κ1) is 29.8. The van der Waals surface area contributed by atoms with E-state index in [1.807, 2.05) is 0 Å². The number of unbranched alkanes of at least 4 members (excludes halogenated alkanes) is 14. The van der Waals surface area contributed by atoms with Gasteiger partial charge < -0.3 is 10.8 Å². The predicted octanol–water partition coefficient (Wildman–Crippen LogP) is 6.68. The molecule has 0 aromatic heterocycles. The van der Waals surface area contributed by atoms with Crippen LogP contribution in [0.2, 0.25) is 0 Å². The Morgan fingerprint density at radius 3 is 1.24 bits per heavy atom. The number of carboxylic acids is 1. The van der Waals surface area contributed by atoms with E-state index in [1.54, 1.807) is 0 Å².